The number of carbonyl (C=O) groups excluding carboxylic acids is 1. The fourth-order valence-electron chi connectivity index (χ4n) is 1.71. The molecule has 0 fully saturated rings. The Morgan fingerprint density at radius 3 is 2.48 bits per heavy atom. The van der Waals surface area contributed by atoms with Crippen LogP contribution in [0.15, 0.2) is 33.9 Å². The van der Waals surface area contributed by atoms with Gasteiger partial charge in [-0.3, -0.25) is 4.79 Å². The van der Waals surface area contributed by atoms with E-state index in [9.17, 15) is 4.79 Å². The van der Waals surface area contributed by atoms with Crippen LogP contribution < -0.4 is 4.74 Å². The molecule has 21 heavy (non-hydrogen) atoms. The van der Waals surface area contributed by atoms with Gasteiger partial charge in [-0.2, -0.15) is 0 Å². The van der Waals surface area contributed by atoms with E-state index < -0.39 is 0 Å². The predicted octanol–water partition coefficient (Wildman–Crippen LogP) is 4.05. The molecule has 0 saturated heterocycles. The van der Waals surface area contributed by atoms with Crippen LogP contribution >= 0.6 is 11.8 Å². The molecule has 0 bridgehead atoms. The van der Waals surface area contributed by atoms with Crippen molar-refractivity contribution < 1.29 is 13.9 Å². The highest BCUT2D eigenvalue weighted by Gasteiger charge is 2.11. The molecular weight excluding hydrogens is 286 g/mol. The lowest BCUT2D eigenvalue weighted by Gasteiger charge is -2.09. The summed E-state index contributed by atoms with van der Waals surface area (Å²) in [7, 11) is 0. The molecule has 0 spiro atoms. The fourth-order valence-corrected chi connectivity index (χ4v) is 2.51. The van der Waals surface area contributed by atoms with E-state index in [4.69, 9.17) is 9.15 Å². The highest BCUT2D eigenvalue weighted by Crippen LogP contribution is 2.22. The second-order valence-corrected chi connectivity index (χ2v) is 5.95. The number of Topliss-reactive ketones (excluding diaryl/α,β-unsaturated/α-hetero) is 1. The Kier molecular flexibility index (Phi) is 5.07. The number of hydrogen-bond acceptors (Lipinski definition) is 5. The second-order valence-electron chi connectivity index (χ2n) is 5.02. The van der Waals surface area contributed by atoms with E-state index in [1.54, 1.807) is 12.1 Å². The Bertz CT molecular complexity index is 597. The zero-order valence-corrected chi connectivity index (χ0v) is 13.5. The Morgan fingerprint density at radius 1 is 1.29 bits per heavy atom. The van der Waals surface area contributed by atoms with E-state index in [1.165, 1.54) is 11.8 Å². The predicted molar refractivity (Wildman–Crippen MR) is 83.2 cm³/mol. The minimum absolute atomic E-state index is 0.0459. The van der Waals surface area contributed by atoms with Crippen molar-refractivity contribution in [1.82, 2.24) is 4.98 Å². The van der Waals surface area contributed by atoms with Crippen LogP contribution in [-0.4, -0.2) is 22.6 Å². The third-order valence-corrected chi connectivity index (χ3v) is 3.71. The maximum absolute atomic E-state index is 12.1. The molecule has 0 saturated carbocycles. The molecule has 0 unspecified atom stereocenters. The van der Waals surface area contributed by atoms with Gasteiger partial charge in [0.25, 0.3) is 5.22 Å². The normalized spacial score (nSPS) is 10.9. The molecule has 0 N–H and O–H groups in total. The first kappa shape index (κ1) is 15.6. The van der Waals surface area contributed by atoms with Crippen LogP contribution in [0, 0.1) is 13.8 Å². The maximum atomic E-state index is 12.1. The molecule has 1 aromatic heterocycles. The number of aromatic nitrogens is 1. The van der Waals surface area contributed by atoms with Crippen LogP contribution in [0.2, 0.25) is 0 Å². The fraction of sp³-hybridized carbons (Fsp3) is 0.375. The highest BCUT2D eigenvalue weighted by atomic mass is 32.2. The van der Waals surface area contributed by atoms with Gasteiger partial charge in [0.1, 0.15) is 11.5 Å². The van der Waals surface area contributed by atoms with Gasteiger partial charge in [-0.25, -0.2) is 4.98 Å². The molecule has 0 aliphatic rings. The number of thioether (sulfide) groups is 1. The van der Waals surface area contributed by atoms with E-state index in [-0.39, 0.29) is 11.9 Å². The van der Waals surface area contributed by atoms with Crippen LogP contribution in [0.1, 0.15) is 35.7 Å². The Labute approximate surface area is 128 Å². The number of benzene rings is 1. The summed E-state index contributed by atoms with van der Waals surface area (Å²) >= 11 is 1.31. The number of carbonyl (C=O) groups is 1. The van der Waals surface area contributed by atoms with Crippen molar-refractivity contribution in [2.24, 2.45) is 0 Å². The minimum Gasteiger partial charge on any atom is -0.491 e. The van der Waals surface area contributed by atoms with E-state index in [0.717, 1.165) is 17.2 Å². The quantitative estimate of drug-likeness (QED) is 0.595. The number of hydrogen-bond donors (Lipinski definition) is 0. The van der Waals surface area contributed by atoms with Gasteiger partial charge in [0.15, 0.2) is 5.78 Å². The van der Waals surface area contributed by atoms with Crippen molar-refractivity contribution in [3.63, 3.8) is 0 Å². The molecule has 1 heterocycles. The zero-order valence-electron chi connectivity index (χ0n) is 12.7. The monoisotopic (exact) mass is 305 g/mol. The van der Waals surface area contributed by atoms with Crippen LogP contribution in [-0.2, 0) is 0 Å². The Morgan fingerprint density at radius 2 is 1.95 bits per heavy atom. The van der Waals surface area contributed by atoms with Crippen molar-refractivity contribution in [3.05, 3.63) is 41.3 Å². The summed E-state index contributed by atoms with van der Waals surface area (Å²) in [6, 6.07) is 7.20. The topological polar surface area (TPSA) is 52.3 Å². The summed E-state index contributed by atoms with van der Waals surface area (Å²) in [5.74, 6) is 1.92. The van der Waals surface area contributed by atoms with Crippen molar-refractivity contribution in [2.75, 3.05) is 5.75 Å². The summed E-state index contributed by atoms with van der Waals surface area (Å²) in [6.45, 7) is 7.69. The van der Waals surface area contributed by atoms with Crippen molar-refractivity contribution in [3.8, 4) is 5.75 Å². The third-order valence-electron chi connectivity index (χ3n) is 2.88. The SMILES string of the molecule is Cc1nc(SCC(=O)c2ccc(OC(C)C)cc2)oc1C. The summed E-state index contributed by atoms with van der Waals surface area (Å²) in [5, 5.41) is 0.540. The van der Waals surface area contributed by atoms with Gasteiger partial charge >= 0.3 is 0 Å². The Balaban J connectivity index is 1.93. The van der Waals surface area contributed by atoms with E-state index in [1.807, 2.05) is 39.8 Å². The van der Waals surface area contributed by atoms with Crippen LogP contribution in [0.3, 0.4) is 0 Å². The number of rotatable bonds is 6. The first-order chi connectivity index (χ1) is 9.95. The standard InChI is InChI=1S/C16H19NO3S/c1-10(2)19-14-7-5-13(6-8-14)15(18)9-21-16-17-11(3)12(4)20-16/h5-8,10H,9H2,1-4H3. The largest absolute Gasteiger partial charge is 0.491 e. The second kappa shape index (κ2) is 6.80. The van der Waals surface area contributed by atoms with Gasteiger partial charge in [-0.05, 0) is 52.0 Å². The van der Waals surface area contributed by atoms with Crippen LogP contribution in [0.5, 0.6) is 5.75 Å². The van der Waals surface area contributed by atoms with Crippen molar-refractivity contribution >= 4 is 17.5 Å². The first-order valence-corrected chi connectivity index (χ1v) is 7.81. The van der Waals surface area contributed by atoms with E-state index >= 15 is 0 Å². The summed E-state index contributed by atoms with van der Waals surface area (Å²) < 4.78 is 11.0. The Hall–Kier alpha value is -1.75. The molecular formula is C16H19NO3S. The number of oxazole rings is 1. The average molecular weight is 305 g/mol. The average Bonchev–Trinajstić information content (AvgIpc) is 2.75. The first-order valence-electron chi connectivity index (χ1n) is 6.82. The number of aryl methyl sites for hydroxylation is 2. The molecule has 5 heteroatoms. The number of ketones is 1. The highest BCUT2D eigenvalue weighted by molar-refractivity contribution is 7.99. The molecule has 112 valence electrons. The molecule has 2 aromatic rings. The van der Waals surface area contributed by atoms with Gasteiger partial charge in [0, 0.05) is 5.56 Å². The smallest absolute Gasteiger partial charge is 0.256 e. The van der Waals surface area contributed by atoms with Crippen molar-refractivity contribution in [1.29, 1.82) is 0 Å². The molecule has 0 aliphatic heterocycles. The summed E-state index contributed by atoms with van der Waals surface area (Å²) in [4.78, 5) is 16.4. The summed E-state index contributed by atoms with van der Waals surface area (Å²) in [5.41, 5.74) is 1.53. The van der Waals surface area contributed by atoms with Crippen LogP contribution in [0.25, 0.3) is 0 Å². The third kappa shape index (κ3) is 4.36. The van der Waals surface area contributed by atoms with Crippen molar-refractivity contribution in [2.45, 2.75) is 39.0 Å². The number of nitrogens with zero attached hydrogens (tertiary/aromatic N) is 1. The lowest BCUT2D eigenvalue weighted by molar-refractivity contribution is 0.102. The molecule has 0 atom stereocenters. The van der Waals surface area contributed by atoms with Gasteiger partial charge < -0.3 is 9.15 Å². The molecule has 1 aromatic carbocycles. The molecule has 0 amide bonds. The van der Waals surface area contributed by atoms with E-state index in [2.05, 4.69) is 4.98 Å². The van der Waals surface area contributed by atoms with Gasteiger partial charge in [0.2, 0.25) is 0 Å². The number of ether oxygens (including phenoxy) is 1. The lowest BCUT2D eigenvalue weighted by atomic mass is 10.1. The molecule has 0 aliphatic carbocycles. The maximum Gasteiger partial charge on any atom is 0.256 e. The molecule has 2 rings (SSSR count). The lowest BCUT2D eigenvalue weighted by Crippen LogP contribution is -2.06. The molecule has 0 radical (unpaired) electrons. The molecule has 4 nitrogen and oxygen atoms in total. The van der Waals surface area contributed by atoms with E-state index in [0.29, 0.717) is 16.5 Å². The van der Waals surface area contributed by atoms with Gasteiger partial charge in [-0.1, -0.05) is 11.8 Å². The van der Waals surface area contributed by atoms with Crippen LogP contribution in [0.4, 0.5) is 0 Å². The van der Waals surface area contributed by atoms with Gasteiger partial charge in [0.05, 0.1) is 17.6 Å². The summed E-state index contributed by atoms with van der Waals surface area (Å²) in [6.07, 6.45) is 0.124. The zero-order chi connectivity index (χ0) is 15.4. The van der Waals surface area contributed by atoms with Gasteiger partial charge in [-0.15, -0.1) is 0 Å². The minimum atomic E-state index is 0.0459.